The fraction of sp³-hybridized carbons (Fsp3) is 0.588. The van der Waals surface area contributed by atoms with E-state index >= 15 is 0 Å². The number of rotatable bonds is 8. The van der Waals surface area contributed by atoms with Crippen LogP contribution in [0.4, 0.5) is 19.0 Å². The Hall–Kier alpha value is -2.92. The largest absolute Gasteiger partial charge is 0.435 e. The molecule has 0 fully saturated rings. The molecule has 0 bridgehead atoms. The Morgan fingerprint density at radius 2 is 2.14 bits per heavy atom. The molecule has 2 heterocycles. The van der Waals surface area contributed by atoms with Gasteiger partial charge < -0.3 is 15.4 Å². The van der Waals surface area contributed by atoms with Gasteiger partial charge in [-0.1, -0.05) is 6.92 Å². The number of aryl methyl sites for hydroxylation is 1. The maximum atomic E-state index is 13.3. The molecule has 158 valence electrons. The predicted octanol–water partition coefficient (Wildman–Crippen LogP) is 2.65. The molecule has 12 heteroatoms. The maximum Gasteiger partial charge on any atom is 0.435 e. The fourth-order valence-electron chi connectivity index (χ4n) is 3.56. The summed E-state index contributed by atoms with van der Waals surface area (Å²) in [6, 6.07) is 0.464. The van der Waals surface area contributed by atoms with Gasteiger partial charge in [-0.2, -0.15) is 23.0 Å². The van der Waals surface area contributed by atoms with Crippen molar-refractivity contribution in [2.75, 3.05) is 6.54 Å². The SMILES string of the molecule is CC[C@@H](C(=O)NCCCn1ccc([N+](=O)[O-])n1)n1nc(C(F)(F)F)c2c1CCC2. The van der Waals surface area contributed by atoms with E-state index in [2.05, 4.69) is 15.5 Å². The first-order valence-corrected chi connectivity index (χ1v) is 9.35. The van der Waals surface area contributed by atoms with Crippen molar-refractivity contribution >= 4 is 11.7 Å². The summed E-state index contributed by atoms with van der Waals surface area (Å²) in [5.74, 6) is -0.655. The molecule has 1 aliphatic rings. The first kappa shape index (κ1) is 20.8. The molecule has 9 nitrogen and oxygen atoms in total. The highest BCUT2D eigenvalue weighted by Crippen LogP contribution is 2.37. The molecule has 0 unspecified atom stereocenters. The molecule has 1 atom stereocenters. The van der Waals surface area contributed by atoms with Crippen LogP contribution in [0.25, 0.3) is 0 Å². The smallest absolute Gasteiger partial charge is 0.358 e. The molecular formula is C17H21F3N6O3. The lowest BCUT2D eigenvalue weighted by Crippen LogP contribution is -2.34. The zero-order valence-corrected chi connectivity index (χ0v) is 15.8. The van der Waals surface area contributed by atoms with E-state index < -0.39 is 28.7 Å². The fourth-order valence-corrected chi connectivity index (χ4v) is 3.56. The number of nitrogens with one attached hydrogen (secondary N) is 1. The van der Waals surface area contributed by atoms with Crippen molar-refractivity contribution in [3.8, 4) is 0 Å². The molecule has 3 rings (SSSR count). The van der Waals surface area contributed by atoms with Gasteiger partial charge in [-0.25, -0.2) is 0 Å². The highest BCUT2D eigenvalue weighted by atomic mass is 19.4. The lowest BCUT2D eigenvalue weighted by molar-refractivity contribution is -0.389. The van der Waals surface area contributed by atoms with Crippen LogP contribution in [0.5, 0.6) is 0 Å². The van der Waals surface area contributed by atoms with Crippen molar-refractivity contribution in [2.45, 2.75) is 57.8 Å². The molecule has 0 aliphatic heterocycles. The number of hydrogen-bond donors (Lipinski definition) is 1. The zero-order valence-electron chi connectivity index (χ0n) is 15.8. The Morgan fingerprint density at radius 3 is 2.76 bits per heavy atom. The van der Waals surface area contributed by atoms with E-state index in [-0.39, 0.29) is 17.9 Å². The molecule has 0 saturated heterocycles. The third-order valence-corrected chi connectivity index (χ3v) is 4.89. The number of hydrogen-bond acceptors (Lipinski definition) is 5. The Bertz CT molecular complexity index is 905. The second-order valence-electron chi connectivity index (χ2n) is 6.83. The number of nitrogens with zero attached hydrogens (tertiary/aromatic N) is 5. The first-order chi connectivity index (χ1) is 13.7. The molecule has 2 aromatic heterocycles. The minimum atomic E-state index is -4.54. The summed E-state index contributed by atoms with van der Waals surface area (Å²) >= 11 is 0. The lowest BCUT2D eigenvalue weighted by Gasteiger charge is -2.18. The number of halogens is 3. The second kappa shape index (κ2) is 8.21. The highest BCUT2D eigenvalue weighted by molar-refractivity contribution is 5.80. The molecule has 29 heavy (non-hydrogen) atoms. The van der Waals surface area contributed by atoms with Gasteiger partial charge in [0.1, 0.15) is 6.04 Å². The standard InChI is InChI=1S/C17H21F3N6O3/c1-2-12(25-13-6-3-5-11(13)15(23-25)17(18,19)20)16(27)21-8-4-9-24-10-7-14(22-24)26(28)29/h7,10,12H,2-6,8-9H2,1H3,(H,21,27)/t12-/m0/s1. The molecule has 0 spiro atoms. The van der Waals surface area contributed by atoms with Crippen LogP contribution in [-0.2, 0) is 30.4 Å². The van der Waals surface area contributed by atoms with Crippen molar-refractivity contribution in [3.05, 3.63) is 39.3 Å². The van der Waals surface area contributed by atoms with Crippen LogP contribution in [0.1, 0.15) is 49.2 Å². The van der Waals surface area contributed by atoms with E-state index in [1.165, 1.54) is 21.6 Å². The molecule has 1 aliphatic carbocycles. The number of amides is 1. The average molecular weight is 414 g/mol. The Balaban J connectivity index is 1.61. The Kier molecular flexibility index (Phi) is 5.89. The van der Waals surface area contributed by atoms with Gasteiger partial charge >= 0.3 is 12.0 Å². The highest BCUT2D eigenvalue weighted by Gasteiger charge is 2.41. The topological polar surface area (TPSA) is 108 Å². The molecule has 0 radical (unpaired) electrons. The summed E-state index contributed by atoms with van der Waals surface area (Å²) in [4.78, 5) is 22.6. The second-order valence-corrected chi connectivity index (χ2v) is 6.83. The van der Waals surface area contributed by atoms with E-state index in [0.717, 1.165) is 0 Å². The lowest BCUT2D eigenvalue weighted by atomic mass is 10.1. The van der Waals surface area contributed by atoms with Crippen LogP contribution in [0.15, 0.2) is 12.3 Å². The minimum Gasteiger partial charge on any atom is -0.358 e. The van der Waals surface area contributed by atoms with Crippen molar-refractivity contribution in [2.24, 2.45) is 0 Å². The van der Waals surface area contributed by atoms with Gasteiger partial charge in [0.2, 0.25) is 5.91 Å². The third kappa shape index (κ3) is 4.40. The average Bonchev–Trinajstić information content (AvgIpc) is 3.35. The van der Waals surface area contributed by atoms with Crippen molar-refractivity contribution in [3.63, 3.8) is 0 Å². The number of carbonyl (C=O) groups is 1. The van der Waals surface area contributed by atoms with Gasteiger partial charge in [0, 0.05) is 17.8 Å². The van der Waals surface area contributed by atoms with Crippen molar-refractivity contribution < 1.29 is 22.9 Å². The number of alkyl halides is 3. The monoisotopic (exact) mass is 414 g/mol. The minimum absolute atomic E-state index is 0.198. The summed E-state index contributed by atoms with van der Waals surface area (Å²) < 4.78 is 42.4. The third-order valence-electron chi connectivity index (χ3n) is 4.89. The Labute approximate surface area is 164 Å². The Morgan fingerprint density at radius 1 is 1.38 bits per heavy atom. The number of nitro groups is 1. The molecule has 1 N–H and O–H groups in total. The number of aromatic nitrogens is 4. The summed E-state index contributed by atoms with van der Waals surface area (Å²) in [6.45, 7) is 2.35. The van der Waals surface area contributed by atoms with E-state index in [1.54, 1.807) is 6.92 Å². The molecule has 0 aromatic carbocycles. The zero-order chi connectivity index (χ0) is 21.2. The van der Waals surface area contributed by atoms with Crippen molar-refractivity contribution in [1.29, 1.82) is 0 Å². The molecule has 2 aromatic rings. The molecular weight excluding hydrogens is 393 g/mol. The summed E-state index contributed by atoms with van der Waals surface area (Å²) in [7, 11) is 0. The molecule has 0 saturated carbocycles. The number of carbonyl (C=O) groups excluding carboxylic acids is 1. The van der Waals surface area contributed by atoms with Gasteiger partial charge in [-0.05, 0) is 37.0 Å². The van der Waals surface area contributed by atoms with Gasteiger partial charge in [0.25, 0.3) is 0 Å². The van der Waals surface area contributed by atoms with E-state index in [1.807, 2.05) is 0 Å². The predicted molar refractivity (Wildman–Crippen MR) is 95.1 cm³/mol. The van der Waals surface area contributed by atoms with Crippen molar-refractivity contribution in [1.82, 2.24) is 24.9 Å². The van der Waals surface area contributed by atoms with Crippen LogP contribution in [-0.4, -0.2) is 36.9 Å². The van der Waals surface area contributed by atoms with Crippen LogP contribution in [0.3, 0.4) is 0 Å². The summed E-state index contributed by atoms with van der Waals surface area (Å²) in [5, 5.41) is 20.8. The summed E-state index contributed by atoms with van der Waals surface area (Å²) in [6.07, 6.45) is -0.890. The van der Waals surface area contributed by atoms with Gasteiger partial charge in [-0.15, -0.1) is 0 Å². The summed E-state index contributed by atoms with van der Waals surface area (Å²) in [5.41, 5.74) is -0.205. The van der Waals surface area contributed by atoms with Crippen LogP contribution >= 0.6 is 0 Å². The quantitative estimate of drug-likeness (QED) is 0.406. The normalized spacial score (nSPS) is 14.6. The van der Waals surface area contributed by atoms with E-state index in [0.29, 0.717) is 44.3 Å². The van der Waals surface area contributed by atoms with Crippen LogP contribution in [0.2, 0.25) is 0 Å². The first-order valence-electron chi connectivity index (χ1n) is 9.35. The molecule has 1 amide bonds. The van der Waals surface area contributed by atoms with E-state index in [9.17, 15) is 28.1 Å². The maximum absolute atomic E-state index is 13.3. The van der Waals surface area contributed by atoms with Gasteiger partial charge in [0.15, 0.2) is 5.69 Å². The van der Waals surface area contributed by atoms with Crippen LogP contribution < -0.4 is 5.32 Å². The number of fused-ring (bicyclic) bond motifs is 1. The van der Waals surface area contributed by atoms with Gasteiger partial charge in [0.05, 0.1) is 23.9 Å². The van der Waals surface area contributed by atoms with Crippen LogP contribution in [0, 0.1) is 10.1 Å². The van der Waals surface area contributed by atoms with E-state index in [4.69, 9.17) is 0 Å². The van der Waals surface area contributed by atoms with Gasteiger partial charge in [-0.3, -0.25) is 9.48 Å².